The van der Waals surface area contributed by atoms with Gasteiger partial charge in [0.15, 0.2) is 0 Å². The van der Waals surface area contributed by atoms with E-state index in [1.54, 1.807) is 0 Å². The average Bonchev–Trinajstić information content (AvgIpc) is 2.94. The molecule has 1 atom stereocenters. The van der Waals surface area contributed by atoms with Gasteiger partial charge in [0.1, 0.15) is 0 Å². The predicted octanol–water partition coefficient (Wildman–Crippen LogP) is 1.44. The van der Waals surface area contributed by atoms with E-state index in [-0.39, 0.29) is 11.8 Å². The molecule has 1 unspecified atom stereocenters. The Morgan fingerprint density at radius 2 is 2.05 bits per heavy atom. The molecule has 0 aliphatic carbocycles. The second-order valence-corrected chi connectivity index (χ2v) is 5.45. The molecule has 21 heavy (non-hydrogen) atoms. The first-order valence-corrected chi connectivity index (χ1v) is 7.37. The highest BCUT2D eigenvalue weighted by Gasteiger charge is 2.29. The van der Waals surface area contributed by atoms with E-state index in [0.29, 0.717) is 39.1 Å². The summed E-state index contributed by atoms with van der Waals surface area (Å²) in [5, 5.41) is 8.99. The molecule has 1 aromatic carbocycles. The fourth-order valence-electron chi connectivity index (χ4n) is 2.65. The predicted molar refractivity (Wildman–Crippen MR) is 79.7 cm³/mol. The van der Waals surface area contributed by atoms with Crippen molar-refractivity contribution >= 4 is 11.9 Å². The van der Waals surface area contributed by atoms with Gasteiger partial charge in [-0.25, -0.2) is 0 Å². The molecule has 0 saturated carbocycles. The number of likely N-dealkylation sites (tertiary alicyclic amines) is 1. The van der Waals surface area contributed by atoms with Gasteiger partial charge in [-0.1, -0.05) is 30.3 Å². The van der Waals surface area contributed by atoms with Gasteiger partial charge in [-0.05, 0) is 25.5 Å². The molecular weight excluding hydrogens is 268 g/mol. The largest absolute Gasteiger partial charge is 0.481 e. The summed E-state index contributed by atoms with van der Waals surface area (Å²) in [7, 11) is 0. The fraction of sp³-hybridized carbons (Fsp3) is 0.500. The number of carbonyl (C=O) groups excluding carboxylic acids is 1. The molecule has 1 N–H and O–H groups in total. The number of hydrogen-bond donors (Lipinski definition) is 1. The maximum atomic E-state index is 12.3. The molecule has 5 heteroatoms. The summed E-state index contributed by atoms with van der Waals surface area (Å²) in [5.41, 5.74) is 1.11. The van der Waals surface area contributed by atoms with E-state index < -0.39 is 5.97 Å². The number of amides is 1. The van der Waals surface area contributed by atoms with Crippen molar-refractivity contribution in [3.63, 3.8) is 0 Å². The topological polar surface area (TPSA) is 60.9 Å². The molecule has 1 saturated heterocycles. The lowest BCUT2D eigenvalue weighted by Crippen LogP contribution is -2.39. The van der Waals surface area contributed by atoms with Gasteiger partial charge in [-0.2, -0.15) is 0 Å². The van der Waals surface area contributed by atoms with Gasteiger partial charge in [0.25, 0.3) is 0 Å². The normalized spacial score (nSPS) is 18.6. The van der Waals surface area contributed by atoms with E-state index in [9.17, 15) is 9.59 Å². The Morgan fingerprint density at radius 1 is 1.33 bits per heavy atom. The Kier molecular flexibility index (Phi) is 5.33. The molecule has 0 spiro atoms. The van der Waals surface area contributed by atoms with E-state index in [2.05, 4.69) is 0 Å². The minimum Gasteiger partial charge on any atom is -0.481 e. The number of carboxylic acids is 1. The molecule has 1 amide bonds. The Balaban J connectivity index is 1.88. The Morgan fingerprint density at radius 3 is 2.62 bits per heavy atom. The van der Waals surface area contributed by atoms with Crippen molar-refractivity contribution in [3.8, 4) is 0 Å². The maximum Gasteiger partial charge on any atom is 0.307 e. The van der Waals surface area contributed by atoms with E-state index in [0.717, 1.165) is 5.56 Å². The monoisotopic (exact) mass is 290 g/mol. The van der Waals surface area contributed by atoms with Crippen LogP contribution in [-0.2, 0) is 16.1 Å². The zero-order valence-electron chi connectivity index (χ0n) is 12.4. The number of carboxylic acid groups (broad SMARTS) is 1. The minimum atomic E-state index is -0.762. The second-order valence-electron chi connectivity index (χ2n) is 5.45. The third-order valence-corrected chi connectivity index (χ3v) is 3.93. The van der Waals surface area contributed by atoms with Crippen LogP contribution in [0.15, 0.2) is 30.3 Å². The minimum absolute atomic E-state index is 0.0624. The summed E-state index contributed by atoms with van der Waals surface area (Å²) in [6.07, 6.45) is 0.632. The van der Waals surface area contributed by atoms with Crippen LogP contribution in [0.1, 0.15) is 18.9 Å². The van der Waals surface area contributed by atoms with E-state index in [1.807, 2.05) is 47.1 Å². The van der Waals surface area contributed by atoms with Gasteiger partial charge in [0.05, 0.1) is 12.5 Å². The second kappa shape index (κ2) is 7.22. The number of aliphatic carboxylic acids is 1. The summed E-state index contributed by atoms with van der Waals surface area (Å²) < 4.78 is 0. The fourth-order valence-corrected chi connectivity index (χ4v) is 2.65. The highest BCUT2D eigenvalue weighted by molar-refractivity contribution is 5.78. The molecule has 1 aromatic rings. The quantitative estimate of drug-likeness (QED) is 0.861. The molecule has 1 fully saturated rings. The molecule has 5 nitrogen and oxygen atoms in total. The first kappa shape index (κ1) is 15.5. The molecule has 1 heterocycles. The van der Waals surface area contributed by atoms with Crippen molar-refractivity contribution in [2.45, 2.75) is 19.9 Å². The van der Waals surface area contributed by atoms with Gasteiger partial charge in [-0.3, -0.25) is 14.5 Å². The van der Waals surface area contributed by atoms with Crippen LogP contribution in [0.3, 0.4) is 0 Å². The number of carbonyl (C=O) groups is 2. The number of rotatable bonds is 6. The van der Waals surface area contributed by atoms with Crippen LogP contribution in [0.4, 0.5) is 0 Å². The molecule has 2 rings (SSSR count). The smallest absolute Gasteiger partial charge is 0.307 e. The van der Waals surface area contributed by atoms with Gasteiger partial charge in [0, 0.05) is 19.6 Å². The summed E-state index contributed by atoms with van der Waals surface area (Å²) >= 11 is 0. The summed E-state index contributed by atoms with van der Waals surface area (Å²) in [5.74, 6) is -1.03. The van der Waals surface area contributed by atoms with Crippen LogP contribution in [0.25, 0.3) is 0 Å². The Hall–Kier alpha value is -1.88. The lowest BCUT2D eigenvalue weighted by molar-refractivity contribution is -0.141. The average molecular weight is 290 g/mol. The van der Waals surface area contributed by atoms with Crippen molar-refractivity contribution in [3.05, 3.63) is 35.9 Å². The third kappa shape index (κ3) is 4.29. The van der Waals surface area contributed by atoms with Crippen molar-refractivity contribution in [2.75, 3.05) is 26.2 Å². The van der Waals surface area contributed by atoms with Crippen molar-refractivity contribution < 1.29 is 14.7 Å². The zero-order valence-corrected chi connectivity index (χ0v) is 12.4. The first-order valence-electron chi connectivity index (χ1n) is 7.37. The van der Waals surface area contributed by atoms with Gasteiger partial charge in [0.2, 0.25) is 5.91 Å². The summed E-state index contributed by atoms with van der Waals surface area (Å²) in [6.45, 7) is 4.70. The molecule has 0 aromatic heterocycles. The van der Waals surface area contributed by atoms with E-state index in [1.165, 1.54) is 0 Å². The van der Waals surface area contributed by atoms with Crippen LogP contribution in [0.5, 0.6) is 0 Å². The van der Waals surface area contributed by atoms with E-state index in [4.69, 9.17) is 5.11 Å². The molecule has 1 aliphatic heterocycles. The number of nitrogens with zero attached hydrogens (tertiary/aromatic N) is 2. The molecule has 0 bridgehead atoms. The molecule has 0 radical (unpaired) electrons. The summed E-state index contributed by atoms with van der Waals surface area (Å²) in [6, 6.07) is 9.90. The maximum absolute atomic E-state index is 12.3. The molecular formula is C16H22N2O3. The van der Waals surface area contributed by atoms with Crippen LogP contribution in [-0.4, -0.2) is 53.0 Å². The lowest BCUT2D eigenvalue weighted by Gasteiger charge is -2.24. The third-order valence-electron chi connectivity index (χ3n) is 3.93. The zero-order chi connectivity index (χ0) is 15.2. The van der Waals surface area contributed by atoms with Crippen LogP contribution >= 0.6 is 0 Å². The van der Waals surface area contributed by atoms with Crippen LogP contribution < -0.4 is 0 Å². The van der Waals surface area contributed by atoms with Gasteiger partial charge >= 0.3 is 5.97 Å². The summed E-state index contributed by atoms with van der Waals surface area (Å²) in [4.78, 5) is 27.0. The molecule has 1 aliphatic rings. The highest BCUT2D eigenvalue weighted by Crippen LogP contribution is 2.16. The number of benzene rings is 1. The first-order chi connectivity index (χ1) is 10.1. The number of likely N-dealkylation sites (N-methyl/N-ethyl adjacent to an activating group) is 1. The number of hydrogen-bond acceptors (Lipinski definition) is 3. The van der Waals surface area contributed by atoms with Crippen LogP contribution in [0, 0.1) is 5.92 Å². The van der Waals surface area contributed by atoms with Crippen molar-refractivity contribution in [2.24, 2.45) is 5.92 Å². The lowest BCUT2D eigenvalue weighted by atomic mass is 10.1. The SMILES string of the molecule is CCN(Cc1ccccc1)C(=O)CN1CCC(C(=O)O)C1. The molecule has 114 valence electrons. The van der Waals surface area contributed by atoms with Crippen molar-refractivity contribution in [1.82, 2.24) is 9.80 Å². The van der Waals surface area contributed by atoms with Crippen molar-refractivity contribution in [1.29, 1.82) is 0 Å². The Labute approximate surface area is 125 Å². The standard InChI is InChI=1S/C16H22N2O3/c1-2-18(10-13-6-4-3-5-7-13)15(19)12-17-9-8-14(11-17)16(20)21/h3-7,14H,2,8-12H2,1H3,(H,20,21). The highest BCUT2D eigenvalue weighted by atomic mass is 16.4. The van der Waals surface area contributed by atoms with Gasteiger partial charge < -0.3 is 10.0 Å². The van der Waals surface area contributed by atoms with E-state index >= 15 is 0 Å². The van der Waals surface area contributed by atoms with Gasteiger partial charge in [-0.15, -0.1) is 0 Å². The Bertz CT molecular complexity index is 490. The van der Waals surface area contributed by atoms with Crippen LogP contribution in [0.2, 0.25) is 0 Å².